The molecule has 0 aliphatic rings. The molecule has 0 bridgehead atoms. The lowest BCUT2D eigenvalue weighted by molar-refractivity contribution is 0.0597. The molecule has 1 rings (SSSR count). The van der Waals surface area contributed by atoms with E-state index < -0.39 is 12.1 Å². The highest BCUT2D eigenvalue weighted by Gasteiger charge is 2.27. The number of hydrogen-bond acceptors (Lipinski definition) is 8. The van der Waals surface area contributed by atoms with E-state index in [1.165, 1.54) is 26.2 Å². The topological polar surface area (TPSA) is 95.6 Å². The van der Waals surface area contributed by atoms with Crippen LogP contribution in [-0.2, 0) is 14.2 Å². The van der Waals surface area contributed by atoms with Gasteiger partial charge < -0.3 is 28.6 Å². The summed E-state index contributed by atoms with van der Waals surface area (Å²) in [5.41, 5.74) is 0.468. The van der Waals surface area contributed by atoms with Crippen LogP contribution in [0.15, 0.2) is 12.1 Å². The Hall–Kier alpha value is -2.59. The number of alkyl carbamates (subject to hydrolysis) is 1. The number of thiocarbonyl (C=S) groups is 1. The van der Waals surface area contributed by atoms with Gasteiger partial charge in [0.1, 0.15) is 17.1 Å². The second-order valence-corrected chi connectivity index (χ2v) is 6.32. The summed E-state index contributed by atoms with van der Waals surface area (Å²) < 4.78 is 26.1. The molecule has 0 radical (unpaired) electrons. The first kappa shape index (κ1) is 24.4. The second kappa shape index (κ2) is 12.1. The number of carbonyl (C=O) groups excluding carboxylic acids is 2. The van der Waals surface area contributed by atoms with Crippen LogP contribution >= 0.6 is 12.2 Å². The van der Waals surface area contributed by atoms with Gasteiger partial charge in [0.15, 0.2) is 5.11 Å². The number of anilines is 1. The van der Waals surface area contributed by atoms with E-state index >= 15 is 0 Å². The molecule has 1 aromatic carbocycles. The third-order valence-electron chi connectivity index (χ3n) is 3.69. The van der Waals surface area contributed by atoms with Crippen molar-refractivity contribution in [2.75, 3.05) is 46.0 Å². The van der Waals surface area contributed by atoms with Crippen LogP contribution in [0, 0.1) is 0 Å². The molecule has 0 aromatic heterocycles. The van der Waals surface area contributed by atoms with Gasteiger partial charge in [-0.25, -0.2) is 9.59 Å². The molecule has 0 heterocycles. The van der Waals surface area contributed by atoms with Gasteiger partial charge in [0.2, 0.25) is 0 Å². The molecule has 1 amide bonds. The van der Waals surface area contributed by atoms with Crippen molar-refractivity contribution in [1.82, 2.24) is 5.32 Å². The summed E-state index contributed by atoms with van der Waals surface area (Å²) in [4.78, 5) is 25.9. The Morgan fingerprint density at radius 2 is 1.86 bits per heavy atom. The third-order valence-corrected chi connectivity index (χ3v) is 4.01. The first-order chi connectivity index (χ1) is 13.8. The van der Waals surface area contributed by atoms with Crippen molar-refractivity contribution < 1.29 is 33.3 Å². The highest BCUT2D eigenvalue weighted by atomic mass is 32.1. The van der Waals surface area contributed by atoms with Gasteiger partial charge in [-0.3, -0.25) is 5.32 Å². The Morgan fingerprint density at radius 1 is 1.17 bits per heavy atom. The third kappa shape index (κ3) is 7.06. The van der Waals surface area contributed by atoms with Crippen LogP contribution in [0.5, 0.6) is 11.5 Å². The lowest BCUT2D eigenvalue weighted by Crippen LogP contribution is -2.45. The quantitative estimate of drug-likeness (QED) is 0.470. The van der Waals surface area contributed by atoms with Crippen molar-refractivity contribution in [3.05, 3.63) is 17.7 Å². The fourth-order valence-corrected chi connectivity index (χ4v) is 2.68. The van der Waals surface area contributed by atoms with Crippen LogP contribution < -0.4 is 19.7 Å². The fraction of sp³-hybridized carbons (Fsp3) is 0.526. The molecule has 10 heteroatoms. The molecule has 0 saturated carbocycles. The molecule has 29 heavy (non-hydrogen) atoms. The van der Waals surface area contributed by atoms with Crippen molar-refractivity contribution >= 4 is 35.1 Å². The Kier molecular flexibility index (Phi) is 10.2. The van der Waals surface area contributed by atoms with Crippen molar-refractivity contribution in [2.45, 2.75) is 26.9 Å². The van der Waals surface area contributed by atoms with Gasteiger partial charge in [0.05, 0.1) is 46.3 Å². The SMILES string of the molecule is CCOC(=O)NC(=S)N(CCOC(C)C)c1cc(OC)cc(OC)c1C(=O)OC. The maximum Gasteiger partial charge on any atom is 0.413 e. The summed E-state index contributed by atoms with van der Waals surface area (Å²) in [6, 6.07) is 3.16. The molecule has 1 aromatic rings. The molecule has 0 spiro atoms. The Balaban J connectivity index is 3.45. The van der Waals surface area contributed by atoms with Crippen molar-refractivity contribution in [3.63, 3.8) is 0 Å². The molecule has 0 saturated heterocycles. The fourth-order valence-electron chi connectivity index (χ4n) is 2.41. The number of ether oxygens (including phenoxy) is 5. The number of amides is 1. The van der Waals surface area contributed by atoms with Gasteiger partial charge in [0.25, 0.3) is 0 Å². The van der Waals surface area contributed by atoms with Gasteiger partial charge in [-0.2, -0.15) is 0 Å². The summed E-state index contributed by atoms with van der Waals surface area (Å²) in [7, 11) is 4.17. The van der Waals surface area contributed by atoms with Crippen LogP contribution in [0.4, 0.5) is 10.5 Å². The molecular formula is C19H28N2O7S. The molecule has 0 atom stereocenters. The van der Waals surface area contributed by atoms with Gasteiger partial charge in [-0.1, -0.05) is 0 Å². The molecule has 1 N–H and O–H groups in total. The predicted octanol–water partition coefficient (Wildman–Crippen LogP) is 2.75. The van der Waals surface area contributed by atoms with E-state index in [0.717, 1.165) is 0 Å². The van der Waals surface area contributed by atoms with Gasteiger partial charge in [-0.05, 0) is 33.0 Å². The molecule has 0 aliphatic carbocycles. The van der Waals surface area contributed by atoms with Crippen LogP contribution in [0.2, 0.25) is 0 Å². The first-order valence-corrected chi connectivity index (χ1v) is 9.40. The van der Waals surface area contributed by atoms with Gasteiger partial charge in [-0.15, -0.1) is 0 Å². The molecule has 0 unspecified atom stereocenters. The zero-order valence-corrected chi connectivity index (χ0v) is 18.4. The number of nitrogens with zero attached hydrogens (tertiary/aromatic N) is 1. The summed E-state index contributed by atoms with van der Waals surface area (Å²) in [5, 5.41) is 2.51. The van der Waals surface area contributed by atoms with Crippen molar-refractivity contribution in [1.29, 1.82) is 0 Å². The van der Waals surface area contributed by atoms with Crippen LogP contribution in [0.25, 0.3) is 0 Å². The summed E-state index contributed by atoms with van der Waals surface area (Å²) >= 11 is 5.39. The molecule has 0 fully saturated rings. The highest BCUT2D eigenvalue weighted by molar-refractivity contribution is 7.80. The smallest absolute Gasteiger partial charge is 0.413 e. The largest absolute Gasteiger partial charge is 0.497 e. The molecule has 162 valence electrons. The summed E-state index contributed by atoms with van der Waals surface area (Å²) in [5.74, 6) is 0.0337. The van der Waals surface area contributed by atoms with E-state index in [1.807, 2.05) is 13.8 Å². The van der Waals surface area contributed by atoms with Crippen LogP contribution in [0.3, 0.4) is 0 Å². The first-order valence-electron chi connectivity index (χ1n) is 9.00. The van der Waals surface area contributed by atoms with E-state index in [1.54, 1.807) is 19.1 Å². The Labute approximate surface area is 176 Å². The van der Waals surface area contributed by atoms with E-state index in [2.05, 4.69) is 5.32 Å². The lowest BCUT2D eigenvalue weighted by atomic mass is 10.1. The number of rotatable bonds is 9. The van der Waals surface area contributed by atoms with Crippen molar-refractivity contribution in [3.8, 4) is 11.5 Å². The number of esters is 1. The standard InChI is InChI=1S/C19H28N2O7S/c1-7-27-19(23)20-18(29)21(8-9-28-12(2)3)14-10-13(24-4)11-15(25-5)16(14)17(22)26-6/h10-12H,7-9H2,1-6H3,(H,20,23,29). The minimum atomic E-state index is -0.707. The number of methoxy groups -OCH3 is 3. The lowest BCUT2D eigenvalue weighted by Gasteiger charge is -2.28. The van der Waals surface area contributed by atoms with Gasteiger partial charge >= 0.3 is 12.1 Å². The average molecular weight is 429 g/mol. The summed E-state index contributed by atoms with van der Waals surface area (Å²) in [6.45, 7) is 6.18. The normalized spacial score (nSPS) is 10.3. The van der Waals surface area contributed by atoms with E-state index in [-0.39, 0.29) is 42.3 Å². The van der Waals surface area contributed by atoms with E-state index in [4.69, 9.17) is 35.9 Å². The minimum absolute atomic E-state index is 0.0108. The number of benzene rings is 1. The highest BCUT2D eigenvalue weighted by Crippen LogP contribution is 2.35. The van der Waals surface area contributed by atoms with Crippen LogP contribution in [0.1, 0.15) is 31.1 Å². The Morgan fingerprint density at radius 3 is 2.38 bits per heavy atom. The van der Waals surface area contributed by atoms with Gasteiger partial charge in [0, 0.05) is 18.7 Å². The second-order valence-electron chi connectivity index (χ2n) is 5.94. The number of carbonyl (C=O) groups is 2. The maximum absolute atomic E-state index is 12.5. The number of hydrogen-bond donors (Lipinski definition) is 1. The predicted molar refractivity (Wildman–Crippen MR) is 112 cm³/mol. The average Bonchev–Trinajstić information content (AvgIpc) is 2.69. The Bertz CT molecular complexity index is 725. The van der Waals surface area contributed by atoms with Crippen molar-refractivity contribution in [2.24, 2.45) is 0 Å². The maximum atomic E-state index is 12.5. The molecule has 9 nitrogen and oxygen atoms in total. The van der Waals surface area contributed by atoms with E-state index in [9.17, 15) is 9.59 Å². The minimum Gasteiger partial charge on any atom is -0.497 e. The number of nitrogens with one attached hydrogen (secondary N) is 1. The van der Waals surface area contributed by atoms with Crippen LogP contribution in [-0.4, -0.2) is 64.4 Å². The molecular weight excluding hydrogens is 400 g/mol. The zero-order valence-electron chi connectivity index (χ0n) is 17.6. The summed E-state index contributed by atoms with van der Waals surface area (Å²) in [6.07, 6.45) is -0.717. The monoisotopic (exact) mass is 428 g/mol. The molecule has 0 aliphatic heterocycles. The van der Waals surface area contributed by atoms with E-state index in [0.29, 0.717) is 11.4 Å². The zero-order chi connectivity index (χ0) is 22.0.